The fraction of sp³-hybridized carbons (Fsp3) is 0.308. The topological polar surface area (TPSA) is 42.2 Å². The number of halogens is 1. The van der Waals surface area contributed by atoms with Crippen molar-refractivity contribution in [2.45, 2.75) is 26.3 Å². The lowest BCUT2D eigenvalue weighted by Gasteiger charge is -2.11. The van der Waals surface area contributed by atoms with Crippen molar-refractivity contribution in [3.05, 3.63) is 44.4 Å². The van der Waals surface area contributed by atoms with Crippen molar-refractivity contribution in [1.82, 2.24) is 5.32 Å². The third-order valence-electron chi connectivity index (χ3n) is 2.55. The molecule has 0 aliphatic heterocycles. The summed E-state index contributed by atoms with van der Waals surface area (Å²) in [7, 11) is 0. The summed E-state index contributed by atoms with van der Waals surface area (Å²) >= 11 is 4.88. The number of rotatable bonds is 4. The van der Waals surface area contributed by atoms with E-state index in [4.69, 9.17) is 4.42 Å². The van der Waals surface area contributed by atoms with Gasteiger partial charge in [-0.15, -0.1) is 11.3 Å². The number of carbonyl (C=O) groups is 1. The van der Waals surface area contributed by atoms with Crippen LogP contribution in [-0.2, 0) is 6.42 Å². The smallest absolute Gasteiger partial charge is 0.261 e. The van der Waals surface area contributed by atoms with Crippen molar-refractivity contribution in [3.8, 4) is 0 Å². The van der Waals surface area contributed by atoms with Crippen LogP contribution in [0.2, 0.25) is 0 Å². The SMILES string of the molecule is Cc1cc(C(=O)NC(C)Cc2ccco2)sc1Br. The van der Waals surface area contributed by atoms with E-state index in [1.165, 1.54) is 11.3 Å². The molecule has 96 valence electrons. The number of hydrogen-bond donors (Lipinski definition) is 1. The molecule has 2 aromatic rings. The van der Waals surface area contributed by atoms with Gasteiger partial charge in [-0.25, -0.2) is 0 Å². The highest BCUT2D eigenvalue weighted by Gasteiger charge is 2.14. The summed E-state index contributed by atoms with van der Waals surface area (Å²) in [4.78, 5) is 12.7. The molecule has 5 heteroatoms. The van der Waals surface area contributed by atoms with Crippen LogP contribution < -0.4 is 5.32 Å². The lowest BCUT2D eigenvalue weighted by Crippen LogP contribution is -2.33. The first-order chi connectivity index (χ1) is 8.56. The molecule has 0 spiro atoms. The van der Waals surface area contributed by atoms with Crippen molar-refractivity contribution in [2.24, 2.45) is 0 Å². The molecule has 2 heterocycles. The normalized spacial score (nSPS) is 12.4. The lowest BCUT2D eigenvalue weighted by atomic mass is 10.2. The molecule has 3 nitrogen and oxygen atoms in total. The van der Waals surface area contributed by atoms with Gasteiger partial charge >= 0.3 is 0 Å². The number of nitrogens with one attached hydrogen (secondary N) is 1. The number of hydrogen-bond acceptors (Lipinski definition) is 3. The second kappa shape index (κ2) is 5.71. The highest BCUT2D eigenvalue weighted by Crippen LogP contribution is 2.27. The number of carbonyl (C=O) groups excluding carboxylic acids is 1. The van der Waals surface area contributed by atoms with E-state index in [9.17, 15) is 4.79 Å². The summed E-state index contributed by atoms with van der Waals surface area (Å²) in [5, 5.41) is 2.97. The van der Waals surface area contributed by atoms with Crippen molar-refractivity contribution in [1.29, 1.82) is 0 Å². The van der Waals surface area contributed by atoms with E-state index >= 15 is 0 Å². The maximum Gasteiger partial charge on any atom is 0.261 e. The van der Waals surface area contributed by atoms with Crippen LogP contribution in [-0.4, -0.2) is 11.9 Å². The Morgan fingerprint density at radius 3 is 2.94 bits per heavy atom. The maximum atomic E-state index is 12.0. The molecule has 0 radical (unpaired) electrons. The van der Waals surface area contributed by atoms with Crippen molar-refractivity contribution in [2.75, 3.05) is 0 Å². The highest BCUT2D eigenvalue weighted by molar-refractivity contribution is 9.11. The largest absolute Gasteiger partial charge is 0.469 e. The number of furan rings is 1. The Kier molecular flexibility index (Phi) is 4.24. The van der Waals surface area contributed by atoms with Gasteiger partial charge in [-0.1, -0.05) is 0 Å². The summed E-state index contributed by atoms with van der Waals surface area (Å²) in [5.41, 5.74) is 1.09. The zero-order valence-electron chi connectivity index (χ0n) is 10.2. The Morgan fingerprint density at radius 2 is 2.39 bits per heavy atom. The summed E-state index contributed by atoms with van der Waals surface area (Å²) in [6, 6.07) is 5.70. The van der Waals surface area contributed by atoms with Gasteiger partial charge in [0, 0.05) is 12.5 Å². The highest BCUT2D eigenvalue weighted by atomic mass is 79.9. The summed E-state index contributed by atoms with van der Waals surface area (Å²) in [6.07, 6.45) is 2.34. The lowest BCUT2D eigenvalue weighted by molar-refractivity contribution is 0.0943. The third-order valence-corrected chi connectivity index (χ3v) is 4.68. The van der Waals surface area contributed by atoms with Gasteiger partial charge in [-0.2, -0.15) is 0 Å². The monoisotopic (exact) mass is 327 g/mol. The van der Waals surface area contributed by atoms with E-state index in [1.807, 2.05) is 32.0 Å². The Balaban J connectivity index is 1.94. The zero-order valence-corrected chi connectivity index (χ0v) is 12.6. The molecule has 0 aromatic carbocycles. The van der Waals surface area contributed by atoms with E-state index in [-0.39, 0.29) is 11.9 Å². The molecule has 0 saturated carbocycles. The average Bonchev–Trinajstić information content (AvgIpc) is 2.90. The fourth-order valence-electron chi connectivity index (χ4n) is 1.65. The minimum absolute atomic E-state index is 0.0344. The van der Waals surface area contributed by atoms with Gasteiger partial charge < -0.3 is 9.73 Å². The molecule has 0 saturated heterocycles. The van der Waals surface area contributed by atoms with E-state index in [0.29, 0.717) is 6.42 Å². The van der Waals surface area contributed by atoms with Crippen LogP contribution in [0, 0.1) is 6.92 Å². The van der Waals surface area contributed by atoms with Crippen LogP contribution in [0.15, 0.2) is 32.7 Å². The van der Waals surface area contributed by atoms with Crippen LogP contribution in [0.25, 0.3) is 0 Å². The predicted octanol–water partition coefficient (Wildman–Crippen LogP) is 3.77. The Hall–Kier alpha value is -1.07. The third kappa shape index (κ3) is 3.23. The first-order valence-corrected chi connectivity index (χ1v) is 7.26. The summed E-state index contributed by atoms with van der Waals surface area (Å²) < 4.78 is 6.26. The predicted molar refractivity (Wildman–Crippen MR) is 76.1 cm³/mol. The van der Waals surface area contributed by atoms with Crippen molar-refractivity contribution in [3.63, 3.8) is 0 Å². The fourth-order valence-corrected chi connectivity index (χ4v) is 3.09. The molecular weight excluding hydrogens is 314 g/mol. The van der Waals surface area contributed by atoms with E-state index in [0.717, 1.165) is 20.0 Å². The van der Waals surface area contributed by atoms with Gasteiger partial charge in [0.1, 0.15) is 5.76 Å². The van der Waals surface area contributed by atoms with Gasteiger partial charge in [0.25, 0.3) is 5.91 Å². The van der Waals surface area contributed by atoms with E-state index in [1.54, 1.807) is 6.26 Å². The quantitative estimate of drug-likeness (QED) is 0.928. The van der Waals surface area contributed by atoms with Crippen LogP contribution in [0.5, 0.6) is 0 Å². The van der Waals surface area contributed by atoms with Crippen LogP contribution in [0.3, 0.4) is 0 Å². The minimum atomic E-state index is -0.0344. The number of aryl methyl sites for hydroxylation is 1. The van der Waals surface area contributed by atoms with Gasteiger partial charge in [0.2, 0.25) is 0 Å². The Bertz CT molecular complexity index is 514. The molecule has 1 unspecified atom stereocenters. The molecule has 1 atom stereocenters. The van der Waals surface area contributed by atoms with E-state index in [2.05, 4.69) is 21.2 Å². The van der Waals surface area contributed by atoms with Crippen LogP contribution in [0.4, 0.5) is 0 Å². The summed E-state index contributed by atoms with van der Waals surface area (Å²) in [5.74, 6) is 0.846. The first kappa shape index (κ1) is 13.4. The van der Waals surface area contributed by atoms with Gasteiger partial charge in [0.05, 0.1) is 14.9 Å². The molecule has 1 amide bonds. The minimum Gasteiger partial charge on any atom is -0.469 e. The number of amides is 1. The standard InChI is InChI=1S/C13H14BrNO2S/c1-8-6-11(18-12(8)14)13(16)15-9(2)7-10-4-3-5-17-10/h3-6,9H,7H2,1-2H3,(H,15,16). The molecule has 0 aliphatic rings. The van der Waals surface area contributed by atoms with Crippen molar-refractivity contribution < 1.29 is 9.21 Å². The maximum absolute atomic E-state index is 12.0. The average molecular weight is 328 g/mol. The second-order valence-corrected chi connectivity index (χ2v) is 6.60. The molecule has 2 rings (SSSR count). The molecule has 0 fully saturated rings. The van der Waals surface area contributed by atoms with Gasteiger partial charge in [-0.3, -0.25) is 4.79 Å². The molecule has 2 aromatic heterocycles. The van der Waals surface area contributed by atoms with Crippen LogP contribution in [0.1, 0.15) is 27.9 Å². The molecule has 18 heavy (non-hydrogen) atoms. The Morgan fingerprint density at radius 1 is 1.61 bits per heavy atom. The zero-order chi connectivity index (χ0) is 13.1. The molecule has 0 bridgehead atoms. The second-order valence-electron chi connectivity index (χ2n) is 4.23. The first-order valence-electron chi connectivity index (χ1n) is 5.65. The van der Waals surface area contributed by atoms with E-state index < -0.39 is 0 Å². The Labute approximate surface area is 118 Å². The molecule has 0 aliphatic carbocycles. The van der Waals surface area contributed by atoms with Gasteiger partial charge in [0.15, 0.2) is 0 Å². The van der Waals surface area contributed by atoms with Crippen LogP contribution >= 0.6 is 27.3 Å². The summed E-state index contributed by atoms with van der Waals surface area (Å²) in [6.45, 7) is 3.94. The molecular formula is C13H14BrNO2S. The molecule has 1 N–H and O–H groups in total. The number of thiophene rings is 1. The van der Waals surface area contributed by atoms with Gasteiger partial charge in [-0.05, 0) is 53.5 Å². The van der Waals surface area contributed by atoms with Crippen molar-refractivity contribution >= 4 is 33.2 Å².